The molecule has 0 unspecified atom stereocenters. The summed E-state index contributed by atoms with van der Waals surface area (Å²) >= 11 is 6.36. The first kappa shape index (κ1) is 19.0. The number of nitrogens with zero attached hydrogens (tertiary/aromatic N) is 1. The van der Waals surface area contributed by atoms with Crippen LogP contribution in [0.15, 0.2) is 48.5 Å². The lowest BCUT2D eigenvalue weighted by atomic mass is 10.0. The summed E-state index contributed by atoms with van der Waals surface area (Å²) < 4.78 is 11.1. The lowest BCUT2D eigenvalue weighted by Gasteiger charge is -2.27. The second kappa shape index (κ2) is 9.26. The molecule has 26 heavy (non-hydrogen) atoms. The Hall–Kier alpha value is -1.75. The smallest absolute Gasteiger partial charge is 0.119 e. The Balaban J connectivity index is 1.52. The minimum atomic E-state index is -0.551. The SMILES string of the molecule is CCOc1ccc(OC[C@H](O)CN2CCC[C@H]2c2ccccc2Cl)cc1. The van der Waals surface area contributed by atoms with Crippen LogP contribution in [0, 0.1) is 0 Å². The van der Waals surface area contributed by atoms with E-state index in [-0.39, 0.29) is 12.6 Å². The van der Waals surface area contributed by atoms with Gasteiger partial charge in [-0.1, -0.05) is 29.8 Å². The zero-order valence-corrected chi connectivity index (χ0v) is 15.9. The van der Waals surface area contributed by atoms with E-state index in [1.165, 1.54) is 0 Å². The van der Waals surface area contributed by atoms with E-state index >= 15 is 0 Å². The zero-order chi connectivity index (χ0) is 18.4. The van der Waals surface area contributed by atoms with Gasteiger partial charge in [-0.25, -0.2) is 0 Å². The van der Waals surface area contributed by atoms with Crippen LogP contribution in [0.3, 0.4) is 0 Å². The summed E-state index contributed by atoms with van der Waals surface area (Å²) in [5, 5.41) is 11.2. The van der Waals surface area contributed by atoms with E-state index in [9.17, 15) is 5.11 Å². The molecule has 1 heterocycles. The van der Waals surface area contributed by atoms with Crippen LogP contribution in [0.2, 0.25) is 5.02 Å². The molecule has 1 fully saturated rings. The van der Waals surface area contributed by atoms with Gasteiger partial charge in [0, 0.05) is 17.6 Å². The van der Waals surface area contributed by atoms with E-state index in [0.717, 1.165) is 41.5 Å². The Morgan fingerprint density at radius 2 is 1.81 bits per heavy atom. The molecule has 0 saturated carbocycles. The molecule has 1 saturated heterocycles. The summed E-state index contributed by atoms with van der Waals surface area (Å²) in [4.78, 5) is 2.30. The van der Waals surface area contributed by atoms with E-state index < -0.39 is 6.10 Å². The molecule has 0 aliphatic carbocycles. The van der Waals surface area contributed by atoms with Gasteiger partial charge < -0.3 is 14.6 Å². The molecule has 0 amide bonds. The van der Waals surface area contributed by atoms with Crippen molar-refractivity contribution in [2.75, 3.05) is 26.3 Å². The van der Waals surface area contributed by atoms with Crippen LogP contribution in [0.4, 0.5) is 0 Å². The van der Waals surface area contributed by atoms with Crippen molar-refractivity contribution in [2.24, 2.45) is 0 Å². The highest BCUT2D eigenvalue weighted by Gasteiger charge is 2.28. The van der Waals surface area contributed by atoms with Gasteiger partial charge in [0.15, 0.2) is 0 Å². The van der Waals surface area contributed by atoms with Gasteiger partial charge in [-0.2, -0.15) is 0 Å². The Morgan fingerprint density at radius 3 is 2.50 bits per heavy atom. The summed E-state index contributed by atoms with van der Waals surface area (Å²) in [5.74, 6) is 1.55. The molecule has 2 aromatic rings. The van der Waals surface area contributed by atoms with Gasteiger partial charge in [0.25, 0.3) is 0 Å². The Bertz CT molecular complexity index is 692. The van der Waals surface area contributed by atoms with Gasteiger partial charge in [-0.05, 0) is 62.2 Å². The number of β-amino-alcohol motifs (C(OH)–C–C–N with tert-alkyl or cyclic N) is 1. The molecule has 0 bridgehead atoms. The summed E-state index contributed by atoms with van der Waals surface area (Å²) in [6.07, 6.45) is 1.63. The molecule has 5 heteroatoms. The Kier molecular flexibility index (Phi) is 6.78. The highest BCUT2D eigenvalue weighted by molar-refractivity contribution is 6.31. The van der Waals surface area contributed by atoms with Crippen molar-refractivity contribution in [2.45, 2.75) is 31.9 Å². The molecule has 1 aliphatic heterocycles. The number of hydrogen-bond acceptors (Lipinski definition) is 4. The maximum Gasteiger partial charge on any atom is 0.119 e. The molecule has 140 valence electrons. The maximum absolute atomic E-state index is 10.4. The molecule has 3 rings (SSSR count). The maximum atomic E-state index is 10.4. The normalized spacial score (nSPS) is 18.7. The third kappa shape index (κ3) is 4.91. The van der Waals surface area contributed by atoms with Crippen LogP contribution in [0.25, 0.3) is 0 Å². The molecule has 0 radical (unpaired) electrons. The summed E-state index contributed by atoms with van der Waals surface area (Å²) in [6, 6.07) is 15.7. The van der Waals surface area contributed by atoms with Crippen molar-refractivity contribution in [3.63, 3.8) is 0 Å². The zero-order valence-electron chi connectivity index (χ0n) is 15.1. The third-order valence-electron chi connectivity index (χ3n) is 4.65. The van der Waals surface area contributed by atoms with Crippen LogP contribution >= 0.6 is 11.6 Å². The molecule has 2 aromatic carbocycles. The van der Waals surface area contributed by atoms with E-state index in [4.69, 9.17) is 21.1 Å². The van der Waals surface area contributed by atoms with Gasteiger partial charge in [0.1, 0.15) is 24.2 Å². The fourth-order valence-corrected chi connectivity index (χ4v) is 3.72. The highest BCUT2D eigenvalue weighted by atomic mass is 35.5. The number of aliphatic hydroxyl groups is 1. The van der Waals surface area contributed by atoms with Gasteiger partial charge in [0.2, 0.25) is 0 Å². The van der Waals surface area contributed by atoms with Crippen LogP contribution in [-0.2, 0) is 0 Å². The van der Waals surface area contributed by atoms with Crippen molar-refractivity contribution in [3.05, 3.63) is 59.1 Å². The Labute approximate surface area is 160 Å². The average molecular weight is 376 g/mol. The van der Waals surface area contributed by atoms with E-state index in [1.807, 2.05) is 49.4 Å². The number of benzene rings is 2. The number of ether oxygens (including phenoxy) is 2. The van der Waals surface area contributed by atoms with Crippen molar-refractivity contribution >= 4 is 11.6 Å². The second-order valence-electron chi connectivity index (χ2n) is 6.54. The summed E-state index contributed by atoms with van der Waals surface area (Å²) in [5.41, 5.74) is 1.14. The van der Waals surface area contributed by atoms with Crippen molar-refractivity contribution in [3.8, 4) is 11.5 Å². The van der Waals surface area contributed by atoms with Gasteiger partial charge >= 0.3 is 0 Å². The van der Waals surface area contributed by atoms with Crippen LogP contribution in [0.1, 0.15) is 31.4 Å². The quantitative estimate of drug-likeness (QED) is 0.746. The first-order chi connectivity index (χ1) is 12.7. The molecule has 2 atom stereocenters. The van der Waals surface area contributed by atoms with Crippen LogP contribution < -0.4 is 9.47 Å². The number of likely N-dealkylation sites (tertiary alicyclic amines) is 1. The highest BCUT2D eigenvalue weighted by Crippen LogP contribution is 2.35. The predicted octanol–water partition coefficient (Wildman–Crippen LogP) is 4.32. The largest absolute Gasteiger partial charge is 0.494 e. The van der Waals surface area contributed by atoms with Crippen molar-refractivity contribution in [1.29, 1.82) is 0 Å². The first-order valence-corrected chi connectivity index (χ1v) is 9.57. The first-order valence-electron chi connectivity index (χ1n) is 9.19. The molecule has 0 spiro atoms. The van der Waals surface area contributed by atoms with E-state index in [2.05, 4.69) is 11.0 Å². The molecule has 1 aliphatic rings. The third-order valence-corrected chi connectivity index (χ3v) is 4.99. The molecule has 1 N–H and O–H groups in total. The minimum Gasteiger partial charge on any atom is -0.494 e. The van der Waals surface area contributed by atoms with E-state index in [1.54, 1.807) is 0 Å². The predicted molar refractivity (Wildman–Crippen MR) is 104 cm³/mol. The fraction of sp³-hybridized carbons (Fsp3) is 0.429. The van der Waals surface area contributed by atoms with Crippen LogP contribution in [0.5, 0.6) is 11.5 Å². The summed E-state index contributed by atoms with van der Waals surface area (Å²) in [7, 11) is 0. The average Bonchev–Trinajstić information content (AvgIpc) is 3.09. The molecule has 0 aromatic heterocycles. The molecular formula is C21H26ClNO3. The molecular weight excluding hydrogens is 350 g/mol. The minimum absolute atomic E-state index is 0.264. The van der Waals surface area contributed by atoms with Gasteiger partial charge in [0.05, 0.1) is 6.61 Å². The monoisotopic (exact) mass is 375 g/mol. The topological polar surface area (TPSA) is 41.9 Å². The van der Waals surface area contributed by atoms with Crippen molar-refractivity contribution < 1.29 is 14.6 Å². The number of aliphatic hydroxyl groups excluding tert-OH is 1. The van der Waals surface area contributed by atoms with Crippen molar-refractivity contribution in [1.82, 2.24) is 4.90 Å². The fourth-order valence-electron chi connectivity index (χ4n) is 3.46. The van der Waals surface area contributed by atoms with Gasteiger partial charge in [-0.3, -0.25) is 4.90 Å². The second-order valence-corrected chi connectivity index (χ2v) is 6.95. The summed E-state index contributed by atoms with van der Waals surface area (Å²) in [6.45, 7) is 4.40. The molecule has 4 nitrogen and oxygen atoms in total. The standard InChI is InChI=1S/C21H26ClNO3/c1-2-25-17-9-11-18(12-10-17)26-15-16(24)14-23-13-5-8-21(23)19-6-3-4-7-20(19)22/h3-4,6-7,9-12,16,21,24H,2,5,8,13-15H2,1H3/t16-,21+/m1/s1. The van der Waals surface area contributed by atoms with E-state index in [0.29, 0.717) is 13.2 Å². The number of rotatable bonds is 8. The lowest BCUT2D eigenvalue weighted by Crippen LogP contribution is -2.35. The number of hydrogen-bond donors (Lipinski definition) is 1. The Morgan fingerprint density at radius 1 is 1.12 bits per heavy atom. The van der Waals surface area contributed by atoms with Crippen LogP contribution in [-0.4, -0.2) is 42.4 Å². The van der Waals surface area contributed by atoms with Gasteiger partial charge in [-0.15, -0.1) is 0 Å². The lowest BCUT2D eigenvalue weighted by molar-refractivity contribution is 0.0638. The number of halogens is 1.